The van der Waals surface area contributed by atoms with Gasteiger partial charge in [-0.2, -0.15) is 0 Å². The van der Waals surface area contributed by atoms with E-state index in [1.165, 1.54) is 6.92 Å². The largest absolute Gasteiger partial charge is 0.457 e. The summed E-state index contributed by atoms with van der Waals surface area (Å²) in [7, 11) is -2.10. The van der Waals surface area contributed by atoms with Gasteiger partial charge in [-0.15, -0.1) is 0 Å². The molecule has 0 amide bonds. The first-order chi connectivity index (χ1) is 9.53. The Balaban J connectivity index is 2.17. The molecule has 0 saturated carbocycles. The number of hydrogen-bond acceptors (Lipinski definition) is 6. The van der Waals surface area contributed by atoms with Crippen molar-refractivity contribution in [2.24, 2.45) is 0 Å². The van der Waals surface area contributed by atoms with Gasteiger partial charge in [0.2, 0.25) is 0 Å². The van der Waals surface area contributed by atoms with E-state index in [-0.39, 0.29) is 5.04 Å². The molecular weight excluding hydrogens is 292 g/mol. The van der Waals surface area contributed by atoms with Gasteiger partial charge in [-0.05, 0) is 18.1 Å². The molecule has 2 heterocycles. The van der Waals surface area contributed by atoms with E-state index >= 15 is 0 Å². The average Bonchev–Trinajstić information content (AvgIpc) is 2.75. The predicted octanol–water partition coefficient (Wildman–Crippen LogP) is 1.42. The molecule has 21 heavy (non-hydrogen) atoms. The van der Waals surface area contributed by atoms with Gasteiger partial charge >= 0.3 is 5.97 Å². The molecule has 0 aliphatic carbocycles. The second kappa shape index (κ2) is 5.62. The molecule has 1 N–H and O–H groups in total. The van der Waals surface area contributed by atoms with Gasteiger partial charge in [-0.3, -0.25) is 4.79 Å². The Morgan fingerprint density at radius 1 is 1.29 bits per heavy atom. The molecule has 0 aromatic carbocycles. The summed E-state index contributed by atoms with van der Waals surface area (Å²) < 4.78 is 22.7. The highest BCUT2D eigenvalue weighted by atomic mass is 28.4. The Morgan fingerprint density at radius 3 is 2.43 bits per heavy atom. The monoisotopic (exact) mass is 318 g/mol. The average molecular weight is 318 g/mol. The third kappa shape index (κ3) is 3.32. The molecule has 2 bridgehead atoms. The Morgan fingerprint density at radius 2 is 1.90 bits per heavy atom. The zero-order valence-corrected chi connectivity index (χ0v) is 14.6. The van der Waals surface area contributed by atoms with E-state index in [0.717, 1.165) is 0 Å². The van der Waals surface area contributed by atoms with Crippen molar-refractivity contribution in [1.29, 1.82) is 0 Å². The molecule has 0 spiro atoms. The van der Waals surface area contributed by atoms with Gasteiger partial charge in [0.25, 0.3) is 0 Å². The lowest BCUT2D eigenvalue weighted by Gasteiger charge is -2.44. The minimum atomic E-state index is -2.10. The highest BCUT2D eigenvalue weighted by Gasteiger charge is 2.55. The number of ether oxygens (including phenoxy) is 3. The smallest absolute Gasteiger partial charge is 0.303 e. The zero-order chi connectivity index (χ0) is 16.0. The number of hydrogen-bond donors (Lipinski definition) is 1. The molecule has 6 nitrogen and oxygen atoms in total. The Kier molecular flexibility index (Phi) is 4.52. The lowest BCUT2D eigenvalue weighted by molar-refractivity contribution is -0.232. The third-order valence-corrected chi connectivity index (χ3v) is 9.05. The molecule has 7 heteroatoms. The summed E-state index contributed by atoms with van der Waals surface area (Å²) >= 11 is 0. The second-order valence-electron chi connectivity index (χ2n) is 7.28. The molecule has 5 atom stereocenters. The van der Waals surface area contributed by atoms with Crippen LogP contribution in [0.4, 0.5) is 0 Å². The standard InChI is InChI=1S/C14H26O6Si/c1-8(15)18-11-9-7-17-13(19-9)12(10(11)16)20-21(5,6)14(2,3)4/h9-13,16H,7H2,1-6H3/t9-,10+,11+,12-,13-/m1/s1. The second-order valence-corrected chi connectivity index (χ2v) is 12.0. The lowest BCUT2D eigenvalue weighted by Crippen LogP contribution is -2.60. The van der Waals surface area contributed by atoms with Crippen LogP contribution < -0.4 is 0 Å². The first-order valence-electron chi connectivity index (χ1n) is 7.33. The van der Waals surface area contributed by atoms with E-state index in [2.05, 4.69) is 33.9 Å². The Bertz CT molecular complexity index is 405. The molecule has 2 aliphatic rings. The summed E-state index contributed by atoms with van der Waals surface area (Å²) in [6.45, 7) is 12.2. The molecule has 2 rings (SSSR count). The van der Waals surface area contributed by atoms with E-state index in [0.29, 0.717) is 6.61 Å². The molecule has 0 radical (unpaired) electrons. The summed E-state index contributed by atoms with van der Waals surface area (Å²) in [4.78, 5) is 11.2. The fourth-order valence-corrected chi connectivity index (χ4v) is 3.62. The van der Waals surface area contributed by atoms with Crippen LogP contribution in [0.3, 0.4) is 0 Å². The van der Waals surface area contributed by atoms with Crippen LogP contribution in [0.25, 0.3) is 0 Å². The first kappa shape index (κ1) is 16.9. The fourth-order valence-electron chi connectivity index (χ4n) is 2.33. The summed E-state index contributed by atoms with van der Waals surface area (Å²) in [5.41, 5.74) is 0. The summed E-state index contributed by atoms with van der Waals surface area (Å²) in [5, 5.41) is 10.5. The van der Waals surface area contributed by atoms with Crippen LogP contribution in [0, 0.1) is 0 Å². The number of carbonyl (C=O) groups excluding carboxylic acids is 1. The Hall–Kier alpha value is -0.473. The van der Waals surface area contributed by atoms with Gasteiger partial charge in [0.1, 0.15) is 18.3 Å². The van der Waals surface area contributed by atoms with Gasteiger partial charge < -0.3 is 23.7 Å². The van der Waals surface area contributed by atoms with Crippen LogP contribution in [0.1, 0.15) is 27.7 Å². The topological polar surface area (TPSA) is 74.2 Å². The van der Waals surface area contributed by atoms with Crippen molar-refractivity contribution in [3.63, 3.8) is 0 Å². The van der Waals surface area contributed by atoms with Crippen LogP contribution >= 0.6 is 0 Å². The van der Waals surface area contributed by atoms with Crippen LogP contribution in [0.15, 0.2) is 0 Å². The normalized spacial score (nSPS) is 36.6. The number of rotatable bonds is 3. The van der Waals surface area contributed by atoms with E-state index in [9.17, 15) is 9.90 Å². The summed E-state index contributed by atoms with van der Waals surface area (Å²) in [5.74, 6) is -0.445. The predicted molar refractivity (Wildman–Crippen MR) is 78.2 cm³/mol. The molecule has 0 aromatic heterocycles. The number of esters is 1. The number of carbonyl (C=O) groups is 1. The van der Waals surface area contributed by atoms with Crippen LogP contribution in [-0.2, 0) is 23.4 Å². The minimum Gasteiger partial charge on any atom is -0.457 e. The van der Waals surface area contributed by atoms with Gasteiger partial charge in [0, 0.05) is 6.92 Å². The number of aliphatic hydroxyl groups excluding tert-OH is 1. The van der Waals surface area contributed by atoms with Gasteiger partial charge in [-0.1, -0.05) is 20.8 Å². The summed E-state index contributed by atoms with van der Waals surface area (Å²) in [6.07, 6.45) is -3.32. The van der Waals surface area contributed by atoms with Crippen molar-refractivity contribution >= 4 is 14.3 Å². The van der Waals surface area contributed by atoms with Gasteiger partial charge in [0.05, 0.1) is 6.61 Å². The highest BCUT2D eigenvalue weighted by molar-refractivity contribution is 6.74. The quantitative estimate of drug-likeness (QED) is 0.627. The molecule has 2 fully saturated rings. The van der Waals surface area contributed by atoms with E-state index in [1.807, 2.05) is 0 Å². The maximum absolute atomic E-state index is 11.2. The zero-order valence-electron chi connectivity index (χ0n) is 13.6. The first-order valence-corrected chi connectivity index (χ1v) is 10.2. The third-order valence-electron chi connectivity index (χ3n) is 4.58. The van der Waals surface area contributed by atoms with Crippen molar-refractivity contribution in [1.82, 2.24) is 0 Å². The molecule has 0 unspecified atom stereocenters. The Labute approximate surface area is 126 Å². The van der Waals surface area contributed by atoms with Crippen LogP contribution in [0.5, 0.6) is 0 Å². The van der Waals surface area contributed by atoms with Crippen molar-refractivity contribution in [2.45, 2.75) is 76.5 Å². The van der Waals surface area contributed by atoms with Gasteiger partial charge in [0.15, 0.2) is 20.7 Å². The molecule has 2 saturated heterocycles. The molecule has 122 valence electrons. The summed E-state index contributed by atoms with van der Waals surface area (Å²) in [6, 6.07) is 0. The maximum Gasteiger partial charge on any atom is 0.303 e. The SMILES string of the molecule is CC(=O)O[C@@H]1[C@H](O)[C@@H](O[Si](C)(C)C(C)(C)C)[C@@H]2OC[C@H]1O2. The van der Waals surface area contributed by atoms with Crippen molar-refractivity contribution < 1.29 is 28.5 Å². The van der Waals surface area contributed by atoms with Crippen molar-refractivity contribution in [3.8, 4) is 0 Å². The molecule has 2 aliphatic heterocycles. The number of aliphatic hydroxyl groups is 1. The minimum absolute atomic E-state index is 0.000890. The molecule has 0 aromatic rings. The van der Waals surface area contributed by atoms with Crippen LogP contribution in [-0.4, -0.2) is 56.7 Å². The van der Waals surface area contributed by atoms with Gasteiger partial charge in [-0.25, -0.2) is 0 Å². The van der Waals surface area contributed by atoms with Crippen molar-refractivity contribution in [2.75, 3.05) is 6.61 Å². The lowest BCUT2D eigenvalue weighted by atomic mass is 10.0. The van der Waals surface area contributed by atoms with E-state index in [1.54, 1.807) is 0 Å². The fraction of sp³-hybridized carbons (Fsp3) is 0.929. The van der Waals surface area contributed by atoms with E-state index in [4.69, 9.17) is 18.6 Å². The van der Waals surface area contributed by atoms with Crippen LogP contribution in [0.2, 0.25) is 18.1 Å². The highest BCUT2D eigenvalue weighted by Crippen LogP contribution is 2.41. The number of fused-ring (bicyclic) bond motifs is 2. The van der Waals surface area contributed by atoms with E-state index < -0.39 is 45.0 Å². The molecular formula is C14H26O6Si. The maximum atomic E-state index is 11.2. The van der Waals surface area contributed by atoms with Crippen molar-refractivity contribution in [3.05, 3.63) is 0 Å².